The van der Waals surface area contributed by atoms with Gasteiger partial charge in [0.15, 0.2) is 6.23 Å². The largest absolute Gasteiger partial charge is 0.508 e. The molecule has 3 aliphatic rings. The topological polar surface area (TPSA) is 348 Å². The molecule has 22 heteroatoms. The molecule has 0 aliphatic carbocycles. The van der Waals surface area contributed by atoms with Crippen LogP contribution < -0.4 is 26.6 Å². The summed E-state index contributed by atoms with van der Waals surface area (Å²) in [4.78, 5) is 99.4. The van der Waals surface area contributed by atoms with Crippen LogP contribution in [0.2, 0.25) is 0 Å². The van der Waals surface area contributed by atoms with Gasteiger partial charge in [-0.1, -0.05) is 90.7 Å². The molecule has 3 fully saturated rings. The molecule has 1 unspecified atom stereocenters. The van der Waals surface area contributed by atoms with E-state index in [0.717, 1.165) is 54.7 Å². The van der Waals surface area contributed by atoms with Gasteiger partial charge in [-0.3, -0.25) is 33.6 Å². The molecule has 14 atom stereocenters. The van der Waals surface area contributed by atoms with Crippen molar-refractivity contribution in [2.45, 2.75) is 191 Å². The SMILES string of the molecule is CCC(C)CCCCCCCCCCC(=O)N[C@H]1C[C@@H](O)[C@H](O)NC(=O)[C@@H]2[C@@H](O)[C@@H](C)CN2C(=O)[C@H](CO)NC(=O)[C@H]([C@H](O)Cc2ccc(O)cc2)NC(=O)[C@@H]2C[C@@H](O)CN2C(=O)[C@H]([C@@H](C)O)NC1=O. The maximum atomic E-state index is 14.3. The normalized spacial score (nSPS) is 30.0. The monoisotopic (exact) mass is 992 g/mol. The molecule has 3 aliphatic heterocycles. The first-order valence-corrected chi connectivity index (χ1v) is 24.8. The Morgan fingerprint density at radius 1 is 0.743 bits per heavy atom. The molecule has 0 bridgehead atoms. The van der Waals surface area contributed by atoms with Crippen molar-refractivity contribution in [3.8, 4) is 5.75 Å². The van der Waals surface area contributed by atoms with Gasteiger partial charge in [-0.05, 0) is 37.0 Å². The zero-order valence-electron chi connectivity index (χ0n) is 40.7. The molecule has 4 rings (SSSR count). The number of hydrogen-bond donors (Lipinski definition) is 13. The molecule has 7 amide bonds. The van der Waals surface area contributed by atoms with Crippen LogP contribution in [0.5, 0.6) is 5.75 Å². The van der Waals surface area contributed by atoms with Gasteiger partial charge >= 0.3 is 0 Å². The fourth-order valence-electron chi connectivity index (χ4n) is 9.14. The van der Waals surface area contributed by atoms with E-state index in [2.05, 4.69) is 40.4 Å². The smallest absolute Gasteiger partial charge is 0.248 e. The standard InChI is InChI=1S/C48H77N7O15/c1-5-26(2)14-12-10-8-6-7-9-11-13-15-37(62)49-32-22-36(61)44(66)53-46(68)40-41(63)27(3)23-55(40)47(69)33(25-56)50-45(67)39(35(60)20-29-16-18-30(58)19-17-29)52-43(65)34-21-31(59)24-54(34)48(70)38(28(4)57)51-42(32)64/h16-19,26-28,31-36,38-41,44,56-61,63,66H,5-15,20-25H2,1-4H3,(H,49,62)(H,50,67)(H,51,64)(H,52,65)(H,53,68)/t26?,27-,28+,31+,32-,33-,34-,35+,36+,38-,39-,40-,41-,44-/m0/s1. The van der Waals surface area contributed by atoms with Gasteiger partial charge in [0.25, 0.3) is 0 Å². The lowest BCUT2D eigenvalue weighted by Gasteiger charge is -2.32. The Morgan fingerprint density at radius 3 is 1.97 bits per heavy atom. The summed E-state index contributed by atoms with van der Waals surface area (Å²) in [7, 11) is 0. The number of nitrogens with zero attached hydrogens (tertiary/aromatic N) is 2. The van der Waals surface area contributed by atoms with Gasteiger partial charge in [-0.2, -0.15) is 0 Å². The average Bonchev–Trinajstić information content (AvgIpc) is 3.86. The summed E-state index contributed by atoms with van der Waals surface area (Å²) in [5.74, 6) is -7.57. The Morgan fingerprint density at radius 2 is 1.36 bits per heavy atom. The van der Waals surface area contributed by atoms with Crippen LogP contribution in [0, 0.1) is 11.8 Å². The van der Waals surface area contributed by atoms with Gasteiger partial charge in [-0.15, -0.1) is 0 Å². The van der Waals surface area contributed by atoms with Gasteiger partial charge in [0.05, 0.1) is 31.0 Å². The van der Waals surface area contributed by atoms with E-state index in [4.69, 9.17) is 0 Å². The zero-order valence-corrected chi connectivity index (χ0v) is 40.7. The van der Waals surface area contributed by atoms with Gasteiger partial charge in [0.2, 0.25) is 41.4 Å². The number of phenolic OH excluding ortho intramolecular Hbond substituents is 1. The number of nitrogens with one attached hydrogen (secondary N) is 5. The van der Waals surface area contributed by atoms with Crippen LogP contribution in [-0.4, -0.2) is 185 Å². The van der Waals surface area contributed by atoms with E-state index in [9.17, 15) is 74.4 Å². The third-order valence-corrected chi connectivity index (χ3v) is 13.7. The quantitative estimate of drug-likeness (QED) is 0.0703. The maximum Gasteiger partial charge on any atom is 0.248 e. The number of aliphatic hydroxyl groups is 7. The number of fused-ring (bicyclic) bond motifs is 2. The van der Waals surface area contributed by atoms with E-state index in [1.807, 2.05) is 0 Å². The number of carbonyl (C=O) groups excluding carboxylic acids is 7. The molecule has 13 N–H and O–H groups in total. The Balaban J connectivity index is 1.63. The van der Waals surface area contributed by atoms with E-state index in [-0.39, 0.29) is 25.1 Å². The number of aliphatic hydroxyl groups excluding tert-OH is 7. The Bertz CT molecular complexity index is 1910. The minimum atomic E-state index is -2.19. The van der Waals surface area contributed by atoms with Gasteiger partial charge in [0, 0.05) is 44.7 Å². The van der Waals surface area contributed by atoms with Crippen molar-refractivity contribution in [2.24, 2.45) is 11.8 Å². The van der Waals surface area contributed by atoms with Crippen LogP contribution >= 0.6 is 0 Å². The Labute approximate surface area is 408 Å². The molecule has 0 spiro atoms. The highest BCUT2D eigenvalue weighted by atomic mass is 16.3. The fourth-order valence-corrected chi connectivity index (χ4v) is 9.14. The molecule has 1 aromatic rings. The molecule has 0 saturated carbocycles. The molecule has 3 saturated heterocycles. The Hall–Kier alpha value is -4.97. The first kappa shape index (κ1) is 57.6. The van der Waals surface area contributed by atoms with Crippen molar-refractivity contribution in [1.82, 2.24) is 36.4 Å². The van der Waals surface area contributed by atoms with Crippen molar-refractivity contribution in [3.05, 3.63) is 29.8 Å². The van der Waals surface area contributed by atoms with E-state index in [1.165, 1.54) is 50.5 Å². The lowest BCUT2D eigenvalue weighted by Crippen LogP contribution is -2.63. The summed E-state index contributed by atoms with van der Waals surface area (Å²) in [5, 5.41) is 98.5. The highest BCUT2D eigenvalue weighted by Crippen LogP contribution is 2.26. The van der Waals surface area contributed by atoms with Crippen LogP contribution in [0.4, 0.5) is 0 Å². The second-order valence-electron chi connectivity index (χ2n) is 19.5. The van der Waals surface area contributed by atoms with E-state index < -0.39 is 146 Å². The number of aromatic hydroxyl groups is 1. The van der Waals surface area contributed by atoms with Crippen LogP contribution in [0.1, 0.15) is 117 Å². The van der Waals surface area contributed by atoms with E-state index in [1.54, 1.807) is 0 Å². The molecule has 3 heterocycles. The van der Waals surface area contributed by atoms with Crippen LogP contribution in [-0.2, 0) is 40.0 Å². The molecular weight excluding hydrogens is 915 g/mol. The number of phenols is 1. The van der Waals surface area contributed by atoms with Crippen LogP contribution in [0.3, 0.4) is 0 Å². The minimum Gasteiger partial charge on any atom is -0.508 e. The van der Waals surface area contributed by atoms with Crippen molar-refractivity contribution >= 4 is 41.4 Å². The maximum absolute atomic E-state index is 14.3. The van der Waals surface area contributed by atoms with Crippen molar-refractivity contribution < 1.29 is 74.4 Å². The predicted octanol–water partition coefficient (Wildman–Crippen LogP) is -2.08. The molecule has 0 aromatic heterocycles. The molecular formula is C48H77N7O15. The van der Waals surface area contributed by atoms with Crippen molar-refractivity contribution in [3.63, 3.8) is 0 Å². The van der Waals surface area contributed by atoms with Crippen molar-refractivity contribution in [1.29, 1.82) is 0 Å². The van der Waals surface area contributed by atoms with Gasteiger partial charge in [0.1, 0.15) is 48.1 Å². The van der Waals surface area contributed by atoms with Crippen LogP contribution in [0.25, 0.3) is 0 Å². The Kier molecular flexibility index (Phi) is 22.7. The zero-order chi connectivity index (χ0) is 51.8. The second kappa shape index (κ2) is 27.6. The summed E-state index contributed by atoms with van der Waals surface area (Å²) < 4.78 is 0. The summed E-state index contributed by atoms with van der Waals surface area (Å²) in [6, 6.07) is -5.18. The van der Waals surface area contributed by atoms with Gasteiger partial charge < -0.3 is 77.2 Å². The third-order valence-electron chi connectivity index (χ3n) is 13.7. The molecule has 394 valence electrons. The van der Waals surface area contributed by atoms with Crippen molar-refractivity contribution in [2.75, 3.05) is 19.7 Å². The number of carbonyl (C=O) groups is 7. The summed E-state index contributed by atoms with van der Waals surface area (Å²) in [6.45, 7) is 5.23. The minimum absolute atomic E-state index is 0.0340. The predicted molar refractivity (Wildman–Crippen MR) is 252 cm³/mol. The highest BCUT2D eigenvalue weighted by molar-refractivity contribution is 5.98. The number of rotatable bonds is 18. The summed E-state index contributed by atoms with van der Waals surface area (Å²) in [6.07, 6.45) is -2.14. The second-order valence-corrected chi connectivity index (χ2v) is 19.5. The molecule has 22 nitrogen and oxygen atoms in total. The van der Waals surface area contributed by atoms with E-state index >= 15 is 0 Å². The number of benzene rings is 1. The van der Waals surface area contributed by atoms with E-state index in [0.29, 0.717) is 18.4 Å². The number of hydrogen-bond acceptors (Lipinski definition) is 15. The fraction of sp³-hybridized carbons (Fsp3) is 0.729. The molecule has 1 aromatic carbocycles. The molecule has 0 radical (unpaired) electrons. The van der Waals surface area contributed by atoms with Gasteiger partial charge in [-0.25, -0.2) is 0 Å². The summed E-state index contributed by atoms with van der Waals surface area (Å²) in [5.41, 5.74) is 0.382. The van der Waals surface area contributed by atoms with Crippen LogP contribution in [0.15, 0.2) is 24.3 Å². The molecule has 70 heavy (non-hydrogen) atoms. The lowest BCUT2D eigenvalue weighted by molar-refractivity contribution is -0.147. The lowest BCUT2D eigenvalue weighted by atomic mass is 9.99. The number of amides is 7. The summed E-state index contributed by atoms with van der Waals surface area (Å²) >= 11 is 0. The third kappa shape index (κ3) is 16.3. The first-order valence-electron chi connectivity index (χ1n) is 24.8. The highest BCUT2D eigenvalue weighted by Gasteiger charge is 2.49. The first-order chi connectivity index (χ1) is 33.2. The number of unbranched alkanes of at least 4 members (excludes halogenated alkanes) is 7. The average molecular weight is 992 g/mol.